The van der Waals surface area contributed by atoms with Crippen molar-refractivity contribution in [1.29, 1.82) is 0 Å². The van der Waals surface area contributed by atoms with Gasteiger partial charge in [0.15, 0.2) is 0 Å². The highest BCUT2D eigenvalue weighted by molar-refractivity contribution is 6.44. The van der Waals surface area contributed by atoms with E-state index in [1.807, 2.05) is 25.1 Å². The van der Waals surface area contributed by atoms with Gasteiger partial charge in [0.25, 0.3) is 0 Å². The summed E-state index contributed by atoms with van der Waals surface area (Å²) in [7, 11) is 0. The number of imide groups is 2. The molecule has 0 aromatic heterocycles. The minimum Gasteiger partial charge on any atom is -0.263 e. The van der Waals surface area contributed by atoms with E-state index in [0.717, 1.165) is 16.0 Å². The summed E-state index contributed by atoms with van der Waals surface area (Å²) in [4.78, 5) is 42.6. The second-order valence-electron chi connectivity index (χ2n) is 5.67. The first-order valence-corrected chi connectivity index (χ1v) is 7.96. The maximum Gasteiger partial charge on any atom is 0.359 e. The lowest BCUT2D eigenvalue weighted by atomic mass is 10.1. The number of urea groups is 1. The van der Waals surface area contributed by atoms with Crippen molar-refractivity contribution in [3.8, 4) is 0 Å². The number of hydrogen-bond acceptors (Lipinski definition) is 4. The molecule has 2 aromatic carbocycles. The van der Waals surface area contributed by atoms with Crippen LogP contribution in [-0.4, -0.2) is 27.8 Å². The molecule has 1 heterocycles. The van der Waals surface area contributed by atoms with Gasteiger partial charge < -0.3 is 0 Å². The van der Waals surface area contributed by atoms with Crippen molar-refractivity contribution in [1.82, 2.24) is 9.96 Å². The van der Waals surface area contributed by atoms with Gasteiger partial charge in [0.2, 0.25) is 0 Å². The lowest BCUT2D eigenvalue weighted by Crippen LogP contribution is -2.33. The maximum atomic E-state index is 12.4. The first-order chi connectivity index (χ1) is 12.0. The summed E-state index contributed by atoms with van der Waals surface area (Å²) in [5.74, 6) is -1.91. The average molecular weight is 359 g/mol. The third kappa shape index (κ3) is 3.70. The van der Waals surface area contributed by atoms with Crippen molar-refractivity contribution in [3.63, 3.8) is 0 Å². The van der Waals surface area contributed by atoms with Gasteiger partial charge in [-0.25, -0.2) is 9.69 Å². The molecule has 1 fully saturated rings. The predicted octanol–water partition coefficient (Wildman–Crippen LogP) is 3.07. The number of rotatable bonds is 5. The molecule has 3 rings (SSSR count). The molecule has 1 aliphatic heterocycles. The van der Waals surface area contributed by atoms with Crippen LogP contribution in [0, 0.1) is 6.92 Å². The summed E-state index contributed by atoms with van der Waals surface area (Å²) in [5, 5.41) is 1.01. The summed E-state index contributed by atoms with van der Waals surface area (Å²) in [6.07, 6.45) is 0. The van der Waals surface area contributed by atoms with Crippen LogP contribution in [-0.2, 0) is 27.6 Å². The van der Waals surface area contributed by atoms with Gasteiger partial charge in [-0.1, -0.05) is 53.6 Å². The highest BCUT2D eigenvalue weighted by Crippen LogP contribution is 2.19. The average Bonchev–Trinajstić information content (AvgIpc) is 2.77. The van der Waals surface area contributed by atoms with Gasteiger partial charge in [-0.15, -0.1) is 5.06 Å². The molecule has 0 saturated carbocycles. The molecule has 0 unspecified atom stereocenters. The molecular formula is C18H15ClN2O4. The molecule has 6 nitrogen and oxygen atoms in total. The smallest absolute Gasteiger partial charge is 0.263 e. The third-order valence-corrected chi connectivity index (χ3v) is 3.92. The zero-order valence-electron chi connectivity index (χ0n) is 13.4. The molecule has 0 spiro atoms. The van der Waals surface area contributed by atoms with Gasteiger partial charge in [0.1, 0.15) is 6.61 Å². The SMILES string of the molecule is Cc1cccc(CN2C(=O)C(=O)N(OCc3cccc(Cl)c3)C2=O)c1. The fourth-order valence-electron chi connectivity index (χ4n) is 2.50. The maximum absolute atomic E-state index is 12.4. The molecule has 7 heteroatoms. The Morgan fingerprint density at radius 3 is 2.40 bits per heavy atom. The first kappa shape index (κ1) is 17.1. The zero-order chi connectivity index (χ0) is 18.0. The van der Waals surface area contributed by atoms with E-state index in [0.29, 0.717) is 15.6 Å². The first-order valence-electron chi connectivity index (χ1n) is 7.58. The van der Waals surface area contributed by atoms with Crippen molar-refractivity contribution < 1.29 is 19.2 Å². The Hall–Kier alpha value is -2.70. The quantitative estimate of drug-likeness (QED) is 0.608. The highest BCUT2D eigenvalue weighted by atomic mass is 35.5. The summed E-state index contributed by atoms with van der Waals surface area (Å²) >= 11 is 5.88. The molecule has 1 aliphatic rings. The monoisotopic (exact) mass is 358 g/mol. The number of amides is 4. The zero-order valence-corrected chi connectivity index (χ0v) is 14.2. The minimum absolute atomic E-state index is 0.0160. The van der Waals surface area contributed by atoms with Crippen LogP contribution in [0.4, 0.5) is 4.79 Å². The normalized spacial score (nSPS) is 14.6. The molecule has 2 aromatic rings. The van der Waals surface area contributed by atoms with Gasteiger partial charge in [-0.3, -0.25) is 14.4 Å². The van der Waals surface area contributed by atoms with Crippen molar-refractivity contribution >= 4 is 29.4 Å². The van der Waals surface area contributed by atoms with Crippen molar-refractivity contribution in [3.05, 3.63) is 70.2 Å². The van der Waals surface area contributed by atoms with Gasteiger partial charge >= 0.3 is 17.8 Å². The number of hydrogen-bond donors (Lipinski definition) is 0. The van der Waals surface area contributed by atoms with Crippen LogP contribution in [0.1, 0.15) is 16.7 Å². The second-order valence-corrected chi connectivity index (χ2v) is 6.10. The minimum atomic E-state index is -1.00. The van der Waals surface area contributed by atoms with Crippen LogP contribution in [0.2, 0.25) is 5.02 Å². The Balaban J connectivity index is 1.71. The molecule has 0 bridgehead atoms. The molecule has 0 atom stereocenters. The van der Waals surface area contributed by atoms with E-state index >= 15 is 0 Å². The lowest BCUT2D eigenvalue weighted by molar-refractivity contribution is -0.169. The number of nitrogens with zero attached hydrogens (tertiary/aromatic N) is 2. The van der Waals surface area contributed by atoms with E-state index in [1.165, 1.54) is 0 Å². The van der Waals surface area contributed by atoms with Crippen molar-refractivity contribution in [2.24, 2.45) is 0 Å². The molecule has 4 amide bonds. The largest absolute Gasteiger partial charge is 0.359 e. The number of halogens is 1. The Bertz CT molecular complexity index is 852. The predicted molar refractivity (Wildman–Crippen MR) is 90.2 cm³/mol. The van der Waals surface area contributed by atoms with Gasteiger partial charge in [0.05, 0.1) is 6.54 Å². The van der Waals surface area contributed by atoms with Crippen LogP contribution < -0.4 is 0 Å². The summed E-state index contributed by atoms with van der Waals surface area (Å²) in [6.45, 7) is 1.87. The standard InChI is InChI=1S/C18H15ClN2O4/c1-12-4-2-5-13(8-12)10-20-16(22)17(23)21(18(20)24)25-11-14-6-3-7-15(19)9-14/h2-9H,10-11H2,1H3. The molecule has 1 saturated heterocycles. The van der Waals surface area contributed by atoms with E-state index in [-0.39, 0.29) is 13.2 Å². The van der Waals surface area contributed by atoms with Crippen LogP contribution in [0.3, 0.4) is 0 Å². The van der Waals surface area contributed by atoms with Crippen molar-refractivity contribution in [2.75, 3.05) is 0 Å². The number of benzene rings is 2. The van der Waals surface area contributed by atoms with Crippen LogP contribution in [0.5, 0.6) is 0 Å². The van der Waals surface area contributed by atoms with E-state index in [4.69, 9.17) is 16.4 Å². The summed E-state index contributed by atoms with van der Waals surface area (Å²) < 4.78 is 0. The number of carbonyl (C=O) groups excluding carboxylic acids is 3. The third-order valence-electron chi connectivity index (χ3n) is 3.69. The topological polar surface area (TPSA) is 66.9 Å². The van der Waals surface area contributed by atoms with Crippen LogP contribution >= 0.6 is 11.6 Å². The molecule has 128 valence electrons. The highest BCUT2D eigenvalue weighted by Gasteiger charge is 2.45. The molecule has 0 aliphatic carbocycles. The Labute approximate surface area is 149 Å². The Morgan fingerprint density at radius 2 is 1.68 bits per heavy atom. The molecule has 25 heavy (non-hydrogen) atoms. The fourth-order valence-corrected chi connectivity index (χ4v) is 2.71. The molecule has 0 N–H and O–H groups in total. The van der Waals surface area contributed by atoms with Gasteiger partial charge in [0, 0.05) is 5.02 Å². The molecule has 0 radical (unpaired) electrons. The lowest BCUT2D eigenvalue weighted by Gasteiger charge is -2.15. The molecular weight excluding hydrogens is 344 g/mol. The van der Waals surface area contributed by atoms with Crippen LogP contribution in [0.15, 0.2) is 48.5 Å². The summed E-state index contributed by atoms with van der Waals surface area (Å²) in [5.41, 5.74) is 2.43. The second kappa shape index (κ2) is 7.04. The van der Waals surface area contributed by atoms with Gasteiger partial charge in [-0.05, 0) is 30.2 Å². The van der Waals surface area contributed by atoms with E-state index in [2.05, 4.69) is 0 Å². The van der Waals surface area contributed by atoms with Crippen LogP contribution in [0.25, 0.3) is 0 Å². The Kier molecular flexibility index (Phi) is 4.83. The van der Waals surface area contributed by atoms with E-state index in [9.17, 15) is 14.4 Å². The van der Waals surface area contributed by atoms with E-state index < -0.39 is 17.8 Å². The number of hydroxylamine groups is 2. The number of aryl methyl sites for hydroxylation is 1. The van der Waals surface area contributed by atoms with Gasteiger partial charge in [-0.2, -0.15) is 0 Å². The van der Waals surface area contributed by atoms with E-state index in [1.54, 1.807) is 30.3 Å². The summed E-state index contributed by atoms with van der Waals surface area (Å²) in [6, 6.07) is 13.4. The fraction of sp³-hybridized carbons (Fsp3) is 0.167. The van der Waals surface area contributed by atoms with Crippen molar-refractivity contribution in [2.45, 2.75) is 20.1 Å². The number of carbonyl (C=O) groups is 3. The Morgan fingerprint density at radius 1 is 0.960 bits per heavy atom.